The average molecular weight is 378 g/mol. The number of hydrogen-bond donors (Lipinski definition) is 1. The highest BCUT2D eigenvalue weighted by molar-refractivity contribution is 7.14. The first-order valence-electron chi connectivity index (χ1n) is 8.49. The predicted molar refractivity (Wildman–Crippen MR) is 105 cm³/mol. The maximum atomic E-state index is 12.5. The number of aromatic nitrogens is 3. The van der Waals surface area contributed by atoms with Gasteiger partial charge in [-0.05, 0) is 49.7 Å². The number of hydrogen-bond acceptors (Lipinski definition) is 5. The molecule has 1 aromatic carbocycles. The quantitative estimate of drug-likeness (QED) is 0.554. The van der Waals surface area contributed by atoms with E-state index in [-0.39, 0.29) is 5.91 Å². The van der Waals surface area contributed by atoms with E-state index in [1.54, 1.807) is 12.3 Å². The second-order valence-corrected chi connectivity index (χ2v) is 7.11. The fourth-order valence-corrected chi connectivity index (χ4v) is 3.50. The molecular formula is C20H18N4O2S. The third-order valence-corrected chi connectivity index (χ3v) is 4.91. The van der Waals surface area contributed by atoms with Crippen molar-refractivity contribution in [2.24, 2.45) is 0 Å². The standard InChI is InChI=1S/C20H18N4O2S/c1-13-10-14(2)24(23-13)11-15-5-7-16(8-6-15)19(25)22-20-21-17(12-27-20)18-4-3-9-26-18/h3-10,12H,11H2,1-2H3,(H,21,22,25). The molecule has 1 amide bonds. The Morgan fingerprint density at radius 3 is 2.70 bits per heavy atom. The summed E-state index contributed by atoms with van der Waals surface area (Å²) in [5.41, 5.74) is 4.50. The van der Waals surface area contributed by atoms with Crippen molar-refractivity contribution in [3.05, 3.63) is 76.6 Å². The van der Waals surface area contributed by atoms with Crippen molar-refractivity contribution < 1.29 is 9.21 Å². The number of carbonyl (C=O) groups excluding carboxylic acids is 1. The molecular weight excluding hydrogens is 360 g/mol. The molecule has 0 atom stereocenters. The molecule has 0 unspecified atom stereocenters. The minimum Gasteiger partial charge on any atom is -0.463 e. The molecule has 136 valence electrons. The number of aryl methyl sites for hydroxylation is 2. The zero-order chi connectivity index (χ0) is 18.8. The maximum absolute atomic E-state index is 12.5. The number of benzene rings is 1. The summed E-state index contributed by atoms with van der Waals surface area (Å²) in [7, 11) is 0. The number of thiazole rings is 1. The van der Waals surface area contributed by atoms with Gasteiger partial charge in [-0.2, -0.15) is 5.10 Å². The summed E-state index contributed by atoms with van der Waals surface area (Å²) < 4.78 is 7.27. The summed E-state index contributed by atoms with van der Waals surface area (Å²) in [5.74, 6) is 0.494. The van der Waals surface area contributed by atoms with Gasteiger partial charge in [-0.1, -0.05) is 12.1 Å². The largest absolute Gasteiger partial charge is 0.463 e. The van der Waals surface area contributed by atoms with Crippen LogP contribution in [0.5, 0.6) is 0 Å². The van der Waals surface area contributed by atoms with E-state index < -0.39 is 0 Å². The summed E-state index contributed by atoms with van der Waals surface area (Å²) in [4.78, 5) is 16.8. The number of amides is 1. The van der Waals surface area contributed by atoms with Crippen molar-refractivity contribution in [3.8, 4) is 11.5 Å². The van der Waals surface area contributed by atoms with Gasteiger partial charge < -0.3 is 4.42 Å². The second-order valence-electron chi connectivity index (χ2n) is 6.25. The van der Waals surface area contributed by atoms with Gasteiger partial charge in [-0.25, -0.2) is 4.98 Å². The lowest BCUT2D eigenvalue weighted by molar-refractivity contribution is 0.102. The number of nitrogens with zero attached hydrogens (tertiary/aromatic N) is 3. The summed E-state index contributed by atoms with van der Waals surface area (Å²) in [6, 6.07) is 13.2. The van der Waals surface area contributed by atoms with E-state index in [1.807, 2.05) is 60.3 Å². The van der Waals surface area contributed by atoms with Gasteiger partial charge in [0.05, 0.1) is 18.5 Å². The van der Waals surface area contributed by atoms with Crippen LogP contribution in [0.25, 0.3) is 11.5 Å². The Morgan fingerprint density at radius 1 is 1.22 bits per heavy atom. The van der Waals surface area contributed by atoms with E-state index in [4.69, 9.17) is 4.42 Å². The minimum absolute atomic E-state index is 0.187. The van der Waals surface area contributed by atoms with Gasteiger partial charge in [-0.3, -0.25) is 14.8 Å². The van der Waals surface area contributed by atoms with Gasteiger partial charge in [0.15, 0.2) is 10.9 Å². The molecule has 4 rings (SSSR count). The second kappa shape index (κ2) is 7.20. The first kappa shape index (κ1) is 17.2. The Morgan fingerprint density at radius 2 is 2.04 bits per heavy atom. The smallest absolute Gasteiger partial charge is 0.257 e. The normalized spacial score (nSPS) is 10.9. The van der Waals surface area contributed by atoms with E-state index in [1.165, 1.54) is 11.3 Å². The molecule has 27 heavy (non-hydrogen) atoms. The van der Waals surface area contributed by atoms with Gasteiger partial charge in [0.25, 0.3) is 5.91 Å². The van der Waals surface area contributed by atoms with Crippen molar-refractivity contribution >= 4 is 22.4 Å². The summed E-state index contributed by atoms with van der Waals surface area (Å²) in [6.45, 7) is 4.69. The molecule has 0 spiro atoms. The molecule has 1 N–H and O–H groups in total. The Labute approximate surface area is 160 Å². The fourth-order valence-electron chi connectivity index (χ4n) is 2.81. The zero-order valence-corrected chi connectivity index (χ0v) is 15.8. The number of nitrogens with one attached hydrogen (secondary N) is 1. The van der Waals surface area contributed by atoms with Crippen molar-refractivity contribution in [3.63, 3.8) is 0 Å². The van der Waals surface area contributed by atoms with Crippen LogP contribution in [0, 0.1) is 13.8 Å². The van der Waals surface area contributed by atoms with Gasteiger partial charge in [-0.15, -0.1) is 11.3 Å². The highest BCUT2D eigenvalue weighted by Gasteiger charge is 2.11. The molecule has 0 fully saturated rings. The van der Waals surface area contributed by atoms with Crippen molar-refractivity contribution in [2.75, 3.05) is 5.32 Å². The first-order valence-corrected chi connectivity index (χ1v) is 9.37. The molecule has 0 saturated heterocycles. The van der Waals surface area contributed by atoms with Gasteiger partial charge in [0.1, 0.15) is 5.69 Å². The Balaban J connectivity index is 1.42. The third-order valence-electron chi connectivity index (χ3n) is 4.15. The number of rotatable bonds is 5. The molecule has 6 nitrogen and oxygen atoms in total. The van der Waals surface area contributed by atoms with E-state index in [2.05, 4.69) is 15.4 Å². The summed E-state index contributed by atoms with van der Waals surface area (Å²) >= 11 is 1.36. The molecule has 3 heterocycles. The van der Waals surface area contributed by atoms with E-state index >= 15 is 0 Å². The van der Waals surface area contributed by atoms with Gasteiger partial charge in [0.2, 0.25) is 0 Å². The van der Waals surface area contributed by atoms with Crippen molar-refractivity contribution in [1.82, 2.24) is 14.8 Å². The molecule has 0 radical (unpaired) electrons. The summed E-state index contributed by atoms with van der Waals surface area (Å²) in [6.07, 6.45) is 1.60. The van der Waals surface area contributed by atoms with Crippen LogP contribution in [0.4, 0.5) is 5.13 Å². The molecule has 3 aromatic heterocycles. The number of furan rings is 1. The maximum Gasteiger partial charge on any atom is 0.257 e. The average Bonchev–Trinajstić information content (AvgIpc) is 3.38. The Hall–Kier alpha value is -3.19. The third kappa shape index (κ3) is 3.83. The van der Waals surface area contributed by atoms with E-state index in [9.17, 15) is 4.79 Å². The van der Waals surface area contributed by atoms with Crippen molar-refractivity contribution in [1.29, 1.82) is 0 Å². The van der Waals surface area contributed by atoms with Gasteiger partial charge >= 0.3 is 0 Å². The van der Waals surface area contributed by atoms with Crippen LogP contribution in [-0.2, 0) is 6.54 Å². The van der Waals surface area contributed by atoms with Crippen LogP contribution in [0.3, 0.4) is 0 Å². The van der Waals surface area contributed by atoms with E-state index in [0.717, 1.165) is 17.0 Å². The monoisotopic (exact) mass is 378 g/mol. The molecule has 7 heteroatoms. The zero-order valence-electron chi connectivity index (χ0n) is 15.0. The lowest BCUT2D eigenvalue weighted by Crippen LogP contribution is -2.12. The van der Waals surface area contributed by atoms with Crippen LogP contribution in [-0.4, -0.2) is 20.7 Å². The summed E-state index contributed by atoms with van der Waals surface area (Å²) in [5, 5.41) is 9.69. The molecule has 0 saturated carbocycles. The highest BCUT2D eigenvalue weighted by atomic mass is 32.1. The van der Waals surface area contributed by atoms with Crippen LogP contribution >= 0.6 is 11.3 Å². The number of anilines is 1. The number of carbonyl (C=O) groups is 1. The fraction of sp³-hybridized carbons (Fsp3) is 0.150. The predicted octanol–water partition coefficient (Wildman–Crippen LogP) is 4.52. The first-order chi connectivity index (χ1) is 13.1. The van der Waals surface area contributed by atoms with Crippen LogP contribution in [0.2, 0.25) is 0 Å². The molecule has 0 bridgehead atoms. The SMILES string of the molecule is Cc1cc(C)n(Cc2ccc(C(=O)Nc3nc(-c4ccco4)cs3)cc2)n1. The van der Waals surface area contributed by atoms with E-state index in [0.29, 0.717) is 28.7 Å². The Kier molecular flexibility index (Phi) is 4.60. The lowest BCUT2D eigenvalue weighted by atomic mass is 10.1. The molecule has 0 aliphatic heterocycles. The molecule has 0 aliphatic rings. The lowest BCUT2D eigenvalue weighted by Gasteiger charge is -2.06. The van der Waals surface area contributed by atoms with Gasteiger partial charge in [0, 0.05) is 16.6 Å². The molecule has 4 aromatic rings. The van der Waals surface area contributed by atoms with Crippen LogP contribution in [0.15, 0.2) is 58.5 Å². The van der Waals surface area contributed by atoms with Crippen LogP contribution in [0.1, 0.15) is 27.3 Å². The highest BCUT2D eigenvalue weighted by Crippen LogP contribution is 2.25. The topological polar surface area (TPSA) is 73.0 Å². The molecule has 0 aliphatic carbocycles. The minimum atomic E-state index is -0.187. The van der Waals surface area contributed by atoms with Crippen LogP contribution < -0.4 is 5.32 Å². The van der Waals surface area contributed by atoms with Crippen molar-refractivity contribution in [2.45, 2.75) is 20.4 Å². The Bertz CT molecular complexity index is 1060.